The fourth-order valence-electron chi connectivity index (χ4n) is 2.69. The second kappa shape index (κ2) is 8.22. The number of carbonyl (C=O) groups excluding carboxylic acids is 1. The van der Waals surface area contributed by atoms with Crippen LogP contribution in [0, 0.1) is 6.92 Å². The highest BCUT2D eigenvalue weighted by atomic mass is 32.2. The van der Waals surface area contributed by atoms with Gasteiger partial charge in [-0.2, -0.15) is 0 Å². The predicted octanol–water partition coefficient (Wildman–Crippen LogP) is 3.46. The number of benzene rings is 2. The lowest BCUT2D eigenvalue weighted by Gasteiger charge is -2.18. The van der Waals surface area contributed by atoms with Gasteiger partial charge in [0.2, 0.25) is 0 Å². The Bertz CT molecular complexity index is 1070. The van der Waals surface area contributed by atoms with Crippen LogP contribution in [0.3, 0.4) is 0 Å². The van der Waals surface area contributed by atoms with Crippen molar-refractivity contribution in [2.45, 2.75) is 18.4 Å². The van der Waals surface area contributed by atoms with Gasteiger partial charge in [-0.1, -0.05) is 23.8 Å². The van der Waals surface area contributed by atoms with E-state index < -0.39 is 10.0 Å². The van der Waals surface area contributed by atoms with E-state index in [0.29, 0.717) is 17.8 Å². The van der Waals surface area contributed by atoms with Crippen molar-refractivity contribution >= 4 is 21.6 Å². The smallest absolute Gasteiger partial charge is 0.261 e. The van der Waals surface area contributed by atoms with Gasteiger partial charge in [0.1, 0.15) is 0 Å². The van der Waals surface area contributed by atoms with Gasteiger partial charge in [-0.15, -0.1) is 0 Å². The molecular formula is C21H21N3O3S. The first-order chi connectivity index (χ1) is 13.3. The summed E-state index contributed by atoms with van der Waals surface area (Å²) < 4.78 is 27.9. The number of nitrogens with one attached hydrogen (secondary N) is 1. The highest BCUT2D eigenvalue weighted by molar-refractivity contribution is 7.92. The lowest BCUT2D eigenvalue weighted by molar-refractivity contribution is 0.0785. The van der Waals surface area contributed by atoms with Gasteiger partial charge in [-0.3, -0.25) is 14.5 Å². The molecule has 1 amide bonds. The first-order valence-corrected chi connectivity index (χ1v) is 10.2. The molecule has 2 aromatic carbocycles. The summed E-state index contributed by atoms with van der Waals surface area (Å²) in [6.07, 6.45) is 3.33. The molecule has 0 saturated carbocycles. The summed E-state index contributed by atoms with van der Waals surface area (Å²) in [4.78, 5) is 18.2. The SMILES string of the molecule is Cc1ccc(NS(=O)(=O)c2cccc(C(=O)N(C)Cc3ccncc3)c2)cc1. The van der Waals surface area contributed by atoms with Crippen LogP contribution in [-0.2, 0) is 16.6 Å². The molecule has 0 atom stereocenters. The molecule has 6 nitrogen and oxygen atoms in total. The first kappa shape index (κ1) is 19.6. The summed E-state index contributed by atoms with van der Waals surface area (Å²) in [6.45, 7) is 2.33. The molecule has 1 N–H and O–H groups in total. The van der Waals surface area contributed by atoms with Crippen LogP contribution in [-0.4, -0.2) is 31.3 Å². The minimum absolute atomic E-state index is 0.0382. The quantitative estimate of drug-likeness (QED) is 0.693. The number of rotatable bonds is 6. The van der Waals surface area contributed by atoms with E-state index in [0.717, 1.165) is 11.1 Å². The molecule has 0 bridgehead atoms. The molecular weight excluding hydrogens is 374 g/mol. The third kappa shape index (κ3) is 4.75. The number of amides is 1. The Kier molecular flexibility index (Phi) is 5.75. The summed E-state index contributed by atoms with van der Waals surface area (Å²) in [5.41, 5.74) is 2.75. The maximum Gasteiger partial charge on any atom is 0.261 e. The van der Waals surface area contributed by atoms with E-state index in [9.17, 15) is 13.2 Å². The molecule has 3 rings (SSSR count). The summed E-state index contributed by atoms with van der Waals surface area (Å²) >= 11 is 0. The van der Waals surface area contributed by atoms with Crippen LogP contribution in [0.2, 0.25) is 0 Å². The van der Waals surface area contributed by atoms with Gasteiger partial charge in [-0.05, 0) is 55.0 Å². The zero-order valence-electron chi connectivity index (χ0n) is 15.7. The minimum Gasteiger partial charge on any atom is -0.337 e. The van der Waals surface area contributed by atoms with Crippen LogP contribution in [0.1, 0.15) is 21.5 Å². The largest absolute Gasteiger partial charge is 0.337 e. The number of carbonyl (C=O) groups is 1. The molecule has 1 aromatic heterocycles. The lowest BCUT2D eigenvalue weighted by Crippen LogP contribution is -2.26. The van der Waals surface area contributed by atoms with Gasteiger partial charge in [0, 0.05) is 37.2 Å². The molecule has 0 saturated heterocycles. The van der Waals surface area contributed by atoms with Gasteiger partial charge in [-0.25, -0.2) is 8.42 Å². The van der Waals surface area contributed by atoms with Crippen molar-refractivity contribution < 1.29 is 13.2 Å². The molecule has 0 aliphatic rings. The maximum atomic E-state index is 12.7. The normalized spacial score (nSPS) is 11.1. The van der Waals surface area contributed by atoms with E-state index in [1.807, 2.05) is 31.2 Å². The minimum atomic E-state index is -3.80. The van der Waals surface area contributed by atoms with Gasteiger partial charge in [0.05, 0.1) is 4.90 Å². The predicted molar refractivity (Wildman–Crippen MR) is 108 cm³/mol. The number of hydrogen-bond acceptors (Lipinski definition) is 4. The van der Waals surface area contributed by atoms with Gasteiger partial charge < -0.3 is 4.90 Å². The Labute approximate surface area is 164 Å². The fourth-order valence-corrected chi connectivity index (χ4v) is 3.79. The summed E-state index contributed by atoms with van der Waals surface area (Å²) in [5.74, 6) is -0.260. The number of aromatic nitrogens is 1. The van der Waals surface area contributed by atoms with E-state index >= 15 is 0 Å². The van der Waals surface area contributed by atoms with Crippen molar-refractivity contribution in [3.63, 3.8) is 0 Å². The zero-order chi connectivity index (χ0) is 20.1. The lowest BCUT2D eigenvalue weighted by atomic mass is 10.2. The van der Waals surface area contributed by atoms with Gasteiger partial charge in [0.15, 0.2) is 0 Å². The van der Waals surface area contributed by atoms with Gasteiger partial charge >= 0.3 is 0 Å². The highest BCUT2D eigenvalue weighted by Gasteiger charge is 2.18. The van der Waals surface area contributed by atoms with Gasteiger partial charge in [0.25, 0.3) is 15.9 Å². The Balaban J connectivity index is 1.78. The van der Waals surface area contributed by atoms with Crippen LogP contribution in [0.4, 0.5) is 5.69 Å². The second-order valence-electron chi connectivity index (χ2n) is 6.52. The Morgan fingerprint density at radius 2 is 1.71 bits per heavy atom. The van der Waals surface area contributed by atoms with E-state index in [4.69, 9.17) is 0 Å². The van der Waals surface area contributed by atoms with Crippen molar-refractivity contribution in [1.82, 2.24) is 9.88 Å². The highest BCUT2D eigenvalue weighted by Crippen LogP contribution is 2.18. The van der Waals surface area contributed by atoms with Crippen molar-refractivity contribution in [2.75, 3.05) is 11.8 Å². The molecule has 0 aliphatic carbocycles. The average Bonchev–Trinajstić information content (AvgIpc) is 2.70. The summed E-state index contributed by atoms with van der Waals surface area (Å²) in [7, 11) is -2.12. The topological polar surface area (TPSA) is 79.4 Å². The number of aryl methyl sites for hydroxylation is 1. The van der Waals surface area contributed by atoms with Crippen molar-refractivity contribution in [2.24, 2.45) is 0 Å². The Morgan fingerprint density at radius 3 is 2.39 bits per heavy atom. The molecule has 0 radical (unpaired) electrons. The Hall–Kier alpha value is -3.19. The van der Waals surface area contributed by atoms with E-state index in [-0.39, 0.29) is 10.8 Å². The Morgan fingerprint density at radius 1 is 1.04 bits per heavy atom. The first-order valence-electron chi connectivity index (χ1n) is 8.69. The van der Waals surface area contributed by atoms with Crippen molar-refractivity contribution in [1.29, 1.82) is 0 Å². The van der Waals surface area contributed by atoms with E-state index in [2.05, 4.69) is 9.71 Å². The average molecular weight is 395 g/mol. The monoisotopic (exact) mass is 395 g/mol. The maximum absolute atomic E-state index is 12.7. The third-order valence-electron chi connectivity index (χ3n) is 4.21. The van der Waals surface area contributed by atoms with E-state index in [1.54, 1.807) is 43.7 Å². The standard InChI is InChI=1S/C21H21N3O3S/c1-16-6-8-19(9-7-16)23-28(26,27)20-5-3-4-18(14-20)21(25)24(2)15-17-10-12-22-13-11-17/h3-14,23H,15H2,1-2H3. The molecule has 0 unspecified atom stereocenters. The molecule has 0 fully saturated rings. The number of pyridine rings is 1. The van der Waals surface area contributed by atoms with Crippen LogP contribution in [0.5, 0.6) is 0 Å². The zero-order valence-corrected chi connectivity index (χ0v) is 16.5. The third-order valence-corrected chi connectivity index (χ3v) is 5.59. The fraction of sp³-hybridized carbons (Fsp3) is 0.143. The van der Waals surface area contributed by atoms with Crippen molar-refractivity contribution in [3.05, 3.63) is 89.7 Å². The van der Waals surface area contributed by atoms with Crippen LogP contribution < -0.4 is 4.72 Å². The summed E-state index contributed by atoms with van der Waals surface area (Å²) in [5, 5.41) is 0. The van der Waals surface area contributed by atoms with Crippen LogP contribution >= 0.6 is 0 Å². The van der Waals surface area contributed by atoms with Crippen LogP contribution in [0.15, 0.2) is 78.0 Å². The molecule has 0 spiro atoms. The number of anilines is 1. The van der Waals surface area contributed by atoms with Crippen LogP contribution in [0.25, 0.3) is 0 Å². The second-order valence-corrected chi connectivity index (χ2v) is 8.20. The molecule has 144 valence electrons. The van der Waals surface area contributed by atoms with Crippen molar-refractivity contribution in [3.8, 4) is 0 Å². The number of sulfonamides is 1. The summed E-state index contributed by atoms with van der Waals surface area (Å²) in [6, 6.07) is 16.7. The number of hydrogen-bond donors (Lipinski definition) is 1. The molecule has 3 aromatic rings. The van der Waals surface area contributed by atoms with E-state index in [1.165, 1.54) is 17.0 Å². The molecule has 0 aliphatic heterocycles. The molecule has 7 heteroatoms. The number of nitrogens with zero attached hydrogens (tertiary/aromatic N) is 2. The molecule has 28 heavy (non-hydrogen) atoms. The molecule has 1 heterocycles.